The number of nitrogens with zero attached hydrogens (tertiary/aromatic N) is 4. The van der Waals surface area contributed by atoms with Crippen LogP contribution in [0.3, 0.4) is 0 Å². The van der Waals surface area contributed by atoms with Gasteiger partial charge in [-0.25, -0.2) is 9.97 Å². The van der Waals surface area contributed by atoms with E-state index in [-0.39, 0.29) is 11.8 Å². The van der Waals surface area contributed by atoms with Crippen molar-refractivity contribution in [3.63, 3.8) is 0 Å². The average Bonchev–Trinajstić information content (AvgIpc) is 2.69. The molecule has 2 aromatic rings. The number of benzene rings is 1. The van der Waals surface area contributed by atoms with Crippen LogP contribution < -0.4 is 0 Å². The fourth-order valence-electron chi connectivity index (χ4n) is 4.08. The Labute approximate surface area is 161 Å². The Balaban J connectivity index is 1.43. The number of likely N-dealkylation sites (N-methyl/N-ethyl adjacent to an activating group) is 1. The first-order valence-corrected chi connectivity index (χ1v) is 9.95. The van der Waals surface area contributed by atoms with E-state index in [1.165, 1.54) is 16.8 Å². The standard InChI is InChI=1S/C22H28N4O/c1-16-5-7-17(8-6-16)12-21(27)26-10-3-4-18(15-26)22-23-13-19-14-25(2)11-9-20(19)24-22/h5-8,13,18H,3-4,9-12,14-15H2,1-2H3. The molecule has 4 rings (SSSR count). The van der Waals surface area contributed by atoms with Gasteiger partial charge in [-0.05, 0) is 32.4 Å². The molecule has 0 N–H and O–H groups in total. The van der Waals surface area contributed by atoms with E-state index in [9.17, 15) is 4.79 Å². The molecule has 1 atom stereocenters. The molecule has 2 aliphatic heterocycles. The van der Waals surface area contributed by atoms with Crippen molar-refractivity contribution >= 4 is 5.91 Å². The molecule has 3 heterocycles. The van der Waals surface area contributed by atoms with E-state index in [4.69, 9.17) is 4.98 Å². The van der Waals surface area contributed by atoms with Crippen molar-refractivity contribution < 1.29 is 4.79 Å². The zero-order valence-electron chi connectivity index (χ0n) is 16.3. The summed E-state index contributed by atoms with van der Waals surface area (Å²) in [6, 6.07) is 8.25. The Morgan fingerprint density at radius 1 is 1.22 bits per heavy atom. The predicted molar refractivity (Wildman–Crippen MR) is 106 cm³/mol. The third kappa shape index (κ3) is 4.19. The number of hydrogen-bond donors (Lipinski definition) is 0. The Bertz CT molecular complexity index is 818. The van der Waals surface area contributed by atoms with E-state index in [2.05, 4.69) is 48.1 Å². The van der Waals surface area contributed by atoms with Crippen molar-refractivity contribution in [3.8, 4) is 0 Å². The molecule has 1 saturated heterocycles. The van der Waals surface area contributed by atoms with E-state index in [0.29, 0.717) is 6.42 Å². The molecule has 0 bridgehead atoms. The first-order chi connectivity index (χ1) is 13.1. The minimum absolute atomic E-state index is 0.211. The number of carbonyl (C=O) groups is 1. The van der Waals surface area contributed by atoms with Crippen LogP contribution in [-0.2, 0) is 24.2 Å². The quantitative estimate of drug-likeness (QED) is 0.840. The summed E-state index contributed by atoms with van der Waals surface area (Å²) in [7, 11) is 2.13. The van der Waals surface area contributed by atoms with E-state index < -0.39 is 0 Å². The zero-order chi connectivity index (χ0) is 18.8. The first kappa shape index (κ1) is 18.1. The number of likely N-dealkylation sites (tertiary alicyclic amines) is 1. The molecule has 1 amide bonds. The smallest absolute Gasteiger partial charge is 0.227 e. The molecule has 0 saturated carbocycles. The van der Waals surface area contributed by atoms with E-state index in [1.54, 1.807) is 0 Å². The molecular weight excluding hydrogens is 336 g/mol. The van der Waals surface area contributed by atoms with E-state index in [1.807, 2.05) is 11.1 Å². The number of rotatable bonds is 3. The van der Waals surface area contributed by atoms with Crippen molar-refractivity contribution in [2.45, 2.75) is 45.1 Å². The third-order valence-corrected chi connectivity index (χ3v) is 5.76. The molecule has 1 fully saturated rings. The third-order valence-electron chi connectivity index (χ3n) is 5.76. The highest BCUT2D eigenvalue weighted by Gasteiger charge is 2.27. The Kier molecular flexibility index (Phi) is 5.21. The van der Waals surface area contributed by atoms with Gasteiger partial charge < -0.3 is 9.80 Å². The van der Waals surface area contributed by atoms with Crippen LogP contribution in [0.15, 0.2) is 30.5 Å². The highest BCUT2D eigenvalue weighted by atomic mass is 16.2. The lowest BCUT2D eigenvalue weighted by molar-refractivity contribution is -0.131. The highest BCUT2D eigenvalue weighted by molar-refractivity contribution is 5.79. The van der Waals surface area contributed by atoms with Gasteiger partial charge in [0.15, 0.2) is 0 Å². The molecule has 27 heavy (non-hydrogen) atoms. The normalized spacial score (nSPS) is 20.4. The van der Waals surface area contributed by atoms with Crippen molar-refractivity contribution in [1.29, 1.82) is 0 Å². The second-order valence-electron chi connectivity index (χ2n) is 8.03. The highest BCUT2D eigenvalue weighted by Crippen LogP contribution is 2.26. The largest absolute Gasteiger partial charge is 0.342 e. The molecule has 0 spiro atoms. The fraction of sp³-hybridized carbons (Fsp3) is 0.500. The van der Waals surface area contributed by atoms with Gasteiger partial charge in [0.05, 0.1) is 6.42 Å². The van der Waals surface area contributed by atoms with Gasteiger partial charge in [-0.2, -0.15) is 0 Å². The maximum Gasteiger partial charge on any atom is 0.227 e. The van der Waals surface area contributed by atoms with Crippen molar-refractivity contribution in [2.75, 3.05) is 26.7 Å². The maximum absolute atomic E-state index is 12.8. The lowest BCUT2D eigenvalue weighted by Crippen LogP contribution is -2.40. The van der Waals surface area contributed by atoms with Gasteiger partial charge in [-0.1, -0.05) is 29.8 Å². The summed E-state index contributed by atoms with van der Waals surface area (Å²) in [4.78, 5) is 26.6. The number of piperidine rings is 1. The van der Waals surface area contributed by atoms with Crippen molar-refractivity contribution in [3.05, 3.63) is 58.7 Å². The summed E-state index contributed by atoms with van der Waals surface area (Å²) in [5.41, 5.74) is 4.75. The molecule has 1 unspecified atom stereocenters. The zero-order valence-corrected chi connectivity index (χ0v) is 16.3. The van der Waals surface area contributed by atoms with Gasteiger partial charge >= 0.3 is 0 Å². The predicted octanol–water partition coefficient (Wildman–Crippen LogP) is 2.72. The first-order valence-electron chi connectivity index (χ1n) is 9.95. The Hall–Kier alpha value is -2.27. The summed E-state index contributed by atoms with van der Waals surface area (Å²) in [6.45, 7) is 5.63. The number of amides is 1. The molecule has 1 aromatic carbocycles. The van der Waals surface area contributed by atoms with Gasteiger partial charge in [-0.15, -0.1) is 0 Å². The SMILES string of the molecule is Cc1ccc(CC(=O)N2CCCC(c3ncc4c(n3)CCN(C)C4)C2)cc1. The van der Waals surface area contributed by atoms with Crippen molar-refractivity contribution in [2.24, 2.45) is 0 Å². The molecular formula is C22H28N4O. The molecule has 5 heteroatoms. The molecule has 0 aliphatic carbocycles. The maximum atomic E-state index is 12.8. The Morgan fingerprint density at radius 3 is 2.85 bits per heavy atom. The van der Waals surface area contributed by atoms with Gasteiger partial charge in [0, 0.05) is 56.0 Å². The summed E-state index contributed by atoms with van der Waals surface area (Å²) in [6.07, 6.45) is 5.55. The average molecular weight is 364 g/mol. The fourth-order valence-corrected chi connectivity index (χ4v) is 4.08. The van der Waals surface area contributed by atoms with Gasteiger partial charge in [0.25, 0.3) is 0 Å². The van der Waals surface area contributed by atoms with Crippen LogP contribution in [0.2, 0.25) is 0 Å². The van der Waals surface area contributed by atoms with Crippen LogP contribution in [0.4, 0.5) is 0 Å². The van der Waals surface area contributed by atoms with E-state index in [0.717, 1.165) is 56.8 Å². The molecule has 5 nitrogen and oxygen atoms in total. The molecule has 142 valence electrons. The topological polar surface area (TPSA) is 49.3 Å². The molecule has 0 radical (unpaired) electrons. The minimum atomic E-state index is 0.211. The lowest BCUT2D eigenvalue weighted by atomic mass is 9.96. The molecule has 2 aliphatic rings. The summed E-state index contributed by atoms with van der Waals surface area (Å²) in [5, 5.41) is 0. The number of carbonyl (C=O) groups excluding carboxylic acids is 1. The summed E-state index contributed by atoms with van der Waals surface area (Å²) < 4.78 is 0. The van der Waals surface area contributed by atoms with Crippen LogP contribution >= 0.6 is 0 Å². The number of aromatic nitrogens is 2. The van der Waals surface area contributed by atoms with Gasteiger partial charge in [-0.3, -0.25) is 4.79 Å². The minimum Gasteiger partial charge on any atom is -0.342 e. The number of hydrogen-bond acceptors (Lipinski definition) is 4. The number of aryl methyl sites for hydroxylation is 1. The second-order valence-corrected chi connectivity index (χ2v) is 8.03. The van der Waals surface area contributed by atoms with Gasteiger partial charge in [0.1, 0.15) is 5.82 Å². The Morgan fingerprint density at radius 2 is 2.04 bits per heavy atom. The van der Waals surface area contributed by atoms with E-state index >= 15 is 0 Å². The lowest BCUT2D eigenvalue weighted by Gasteiger charge is -2.33. The van der Waals surface area contributed by atoms with Crippen LogP contribution in [-0.4, -0.2) is 52.4 Å². The summed E-state index contributed by atoms with van der Waals surface area (Å²) in [5.74, 6) is 1.39. The second kappa shape index (κ2) is 7.77. The summed E-state index contributed by atoms with van der Waals surface area (Å²) >= 11 is 0. The van der Waals surface area contributed by atoms with Gasteiger partial charge in [0.2, 0.25) is 5.91 Å². The van der Waals surface area contributed by atoms with Crippen LogP contribution in [0.5, 0.6) is 0 Å². The number of fused-ring (bicyclic) bond motifs is 1. The van der Waals surface area contributed by atoms with Crippen LogP contribution in [0, 0.1) is 6.92 Å². The van der Waals surface area contributed by atoms with Crippen LogP contribution in [0.25, 0.3) is 0 Å². The molecule has 1 aromatic heterocycles. The van der Waals surface area contributed by atoms with Crippen molar-refractivity contribution in [1.82, 2.24) is 19.8 Å². The monoisotopic (exact) mass is 364 g/mol. The van der Waals surface area contributed by atoms with Crippen LogP contribution in [0.1, 0.15) is 47.0 Å².